The van der Waals surface area contributed by atoms with Gasteiger partial charge in [-0.05, 0) is 35.4 Å². The minimum atomic E-state index is -0.996. The maximum atomic E-state index is 11.1. The molecule has 2 atom stereocenters. The number of thioether (sulfide) groups is 2. The van der Waals surface area contributed by atoms with Crippen molar-refractivity contribution in [2.24, 2.45) is 5.73 Å². The molecule has 45 heavy (non-hydrogen) atoms. The van der Waals surface area contributed by atoms with Crippen molar-refractivity contribution in [2.45, 2.75) is 23.6 Å². The fourth-order valence-electron chi connectivity index (χ4n) is 3.74. The summed E-state index contributed by atoms with van der Waals surface area (Å²) in [5, 5.41) is 42.5. The van der Waals surface area contributed by atoms with E-state index < -0.39 is 24.0 Å². The minimum Gasteiger partial charge on any atom is -0.506 e. The molecule has 0 saturated carbocycles. The molecule has 2 heterocycles. The Hall–Kier alpha value is -3.98. The fourth-order valence-corrected chi connectivity index (χ4v) is 5.81. The molecule has 7 N–H and O–H groups in total. The van der Waals surface area contributed by atoms with E-state index in [0.717, 1.165) is 21.9 Å². The summed E-state index contributed by atoms with van der Waals surface area (Å²) in [6, 6.07) is 12.7. The molecule has 2 aromatic carbocycles. The third-order valence-corrected chi connectivity index (χ3v) is 8.44. The Balaban J connectivity index is 0.000000283. The Morgan fingerprint density at radius 3 is 1.76 bits per heavy atom. The lowest BCUT2D eigenvalue weighted by Gasteiger charge is -2.13. The Morgan fingerprint density at radius 1 is 0.844 bits per heavy atom. The average Bonchev–Trinajstić information content (AvgIpc) is 3.05. The van der Waals surface area contributed by atoms with E-state index in [0.29, 0.717) is 39.4 Å². The van der Waals surface area contributed by atoms with Crippen molar-refractivity contribution in [3.05, 3.63) is 72.1 Å². The second-order valence-corrected chi connectivity index (χ2v) is 11.7. The van der Waals surface area contributed by atoms with Crippen LogP contribution in [0.2, 0.25) is 0 Å². The quantitative estimate of drug-likeness (QED) is 0.0899. The summed E-state index contributed by atoms with van der Waals surface area (Å²) >= 11 is 5.95. The number of nitrogens with two attached hydrogens (primary N) is 1. The van der Waals surface area contributed by atoms with Crippen molar-refractivity contribution < 1.29 is 30.0 Å². The molecule has 0 aliphatic heterocycles. The van der Waals surface area contributed by atoms with E-state index in [1.165, 1.54) is 23.5 Å². The number of carboxylic acid groups (broad SMARTS) is 2. The normalized spacial score (nSPS) is 11.6. The van der Waals surface area contributed by atoms with Gasteiger partial charge in [0.05, 0.1) is 11.9 Å². The van der Waals surface area contributed by atoms with Gasteiger partial charge < -0.3 is 26.2 Å². The van der Waals surface area contributed by atoms with Crippen molar-refractivity contribution in [2.75, 3.05) is 23.4 Å². The molecule has 0 radical (unpaired) electrons. The fraction of sp³-hybridized carbons (Fsp3) is 0.250. The predicted molar refractivity (Wildman–Crippen MR) is 186 cm³/mol. The highest BCUT2D eigenvalue weighted by molar-refractivity contribution is 9.09. The largest absolute Gasteiger partial charge is 0.506 e. The molecule has 4 aromatic rings. The molecule has 0 fully saturated rings. The van der Waals surface area contributed by atoms with Crippen molar-refractivity contribution >= 4 is 73.2 Å². The number of aliphatic carboxylic acids is 2. The molecule has 4 rings (SSSR count). The van der Waals surface area contributed by atoms with Crippen molar-refractivity contribution in [1.29, 1.82) is 0 Å². The van der Waals surface area contributed by atoms with Gasteiger partial charge in [0.15, 0.2) is 0 Å². The highest BCUT2D eigenvalue weighted by atomic mass is 79.9. The summed E-state index contributed by atoms with van der Waals surface area (Å²) < 4.78 is 0. The number of nitrogens with zero attached hydrogens (tertiary/aromatic N) is 2. The standard InChI is InChI=1S/C16H16N2O3S.C13H14N2O3S.C3H3Br/c1-2-7-17-13(16(20)21)10-22-9-11-5-6-14(19)15-12(11)4-3-8-18-15;14-10(13(17)18)7-19-6-8-3-4-11(16)12-9(8)2-1-5-15-12;1-2-3-4/h1,3-6,8,13,17,19H,7,9-10H2,(H,20,21);1-5,10,16H,6-7,14H2,(H,17,18);1H,3H2/t13-;10-;/m00./s1. The van der Waals surface area contributed by atoms with Crippen LogP contribution in [0.25, 0.3) is 21.8 Å². The summed E-state index contributed by atoms with van der Waals surface area (Å²) in [6.45, 7) is 0.226. The molecule has 2 aromatic heterocycles. The number of hydrogen-bond donors (Lipinski definition) is 6. The summed E-state index contributed by atoms with van der Waals surface area (Å²) in [7, 11) is 0. The number of fused-ring (bicyclic) bond motifs is 2. The first-order chi connectivity index (χ1) is 21.6. The van der Waals surface area contributed by atoms with Crippen molar-refractivity contribution in [3.8, 4) is 36.2 Å². The molecule has 0 spiro atoms. The van der Waals surface area contributed by atoms with Crippen LogP contribution in [-0.2, 0) is 21.1 Å². The third-order valence-electron chi connectivity index (χ3n) is 5.92. The van der Waals surface area contributed by atoms with E-state index in [9.17, 15) is 19.8 Å². The van der Waals surface area contributed by atoms with Crippen molar-refractivity contribution in [3.63, 3.8) is 0 Å². The van der Waals surface area contributed by atoms with Gasteiger partial charge in [-0.25, -0.2) is 0 Å². The molecule has 0 saturated heterocycles. The van der Waals surface area contributed by atoms with E-state index in [4.69, 9.17) is 28.8 Å². The number of nitrogens with one attached hydrogen (secondary N) is 1. The number of alkyl halides is 1. The second-order valence-electron chi connectivity index (χ2n) is 9.08. The zero-order valence-corrected chi connectivity index (χ0v) is 27.3. The van der Waals surface area contributed by atoms with Gasteiger partial charge in [-0.15, -0.1) is 12.8 Å². The second kappa shape index (κ2) is 20.1. The van der Waals surface area contributed by atoms with Gasteiger partial charge in [0.25, 0.3) is 0 Å². The minimum absolute atomic E-state index is 0.142. The number of aromatic nitrogens is 2. The van der Waals surface area contributed by atoms with Gasteiger partial charge in [0.2, 0.25) is 0 Å². The average molecular weight is 714 g/mol. The van der Waals surface area contributed by atoms with Crippen molar-refractivity contribution in [1.82, 2.24) is 15.3 Å². The molecule has 236 valence electrons. The monoisotopic (exact) mass is 712 g/mol. The predicted octanol–water partition coefficient (Wildman–Crippen LogP) is 4.45. The van der Waals surface area contributed by atoms with Gasteiger partial charge in [-0.3, -0.25) is 24.9 Å². The van der Waals surface area contributed by atoms with Crippen LogP contribution in [0.4, 0.5) is 0 Å². The van der Waals surface area contributed by atoms with Crippen LogP contribution < -0.4 is 11.1 Å². The zero-order valence-electron chi connectivity index (χ0n) is 24.1. The Kier molecular flexibility index (Phi) is 16.6. The first kappa shape index (κ1) is 37.2. The van der Waals surface area contributed by atoms with Crippen LogP contribution in [0, 0.1) is 24.7 Å². The first-order valence-corrected chi connectivity index (χ1v) is 16.7. The number of halogens is 1. The SMILES string of the molecule is C#CCBr.C#CCN[C@@H](CSCc1ccc(O)c2ncccc12)C(=O)O.N[C@@H](CSCc1ccc(O)c2ncccc12)C(=O)O. The van der Waals surface area contributed by atoms with E-state index in [1.807, 2.05) is 30.3 Å². The molecule has 0 aliphatic carbocycles. The van der Waals surface area contributed by atoms with Crippen LogP contribution in [0.1, 0.15) is 11.1 Å². The lowest BCUT2D eigenvalue weighted by molar-refractivity contribution is -0.139. The number of rotatable bonds is 12. The zero-order chi connectivity index (χ0) is 33.2. The maximum absolute atomic E-state index is 11.1. The lowest BCUT2D eigenvalue weighted by Crippen LogP contribution is -2.38. The van der Waals surface area contributed by atoms with Gasteiger partial charge in [0, 0.05) is 46.2 Å². The van der Waals surface area contributed by atoms with Gasteiger partial charge in [-0.2, -0.15) is 23.5 Å². The van der Waals surface area contributed by atoms with Gasteiger partial charge in [-0.1, -0.05) is 52.0 Å². The Morgan fingerprint density at radius 2 is 1.33 bits per heavy atom. The lowest BCUT2D eigenvalue weighted by atomic mass is 10.1. The van der Waals surface area contributed by atoms with Crippen LogP contribution in [-0.4, -0.2) is 77.8 Å². The number of pyridine rings is 2. The molecule has 0 bridgehead atoms. The summed E-state index contributed by atoms with van der Waals surface area (Å²) in [6.07, 6.45) is 13.1. The smallest absolute Gasteiger partial charge is 0.321 e. The Labute approximate surface area is 278 Å². The van der Waals surface area contributed by atoms with Gasteiger partial charge in [0.1, 0.15) is 34.6 Å². The van der Waals surface area contributed by atoms with E-state index in [-0.39, 0.29) is 18.0 Å². The van der Waals surface area contributed by atoms with Crippen LogP contribution in [0.5, 0.6) is 11.5 Å². The number of carboxylic acids is 2. The number of aromatic hydroxyl groups is 2. The van der Waals surface area contributed by atoms with Crippen LogP contribution in [0.3, 0.4) is 0 Å². The number of phenolic OH excluding ortho intramolecular Hbond substituents is 2. The van der Waals surface area contributed by atoms with E-state index in [1.54, 1.807) is 30.6 Å². The Bertz CT molecular complexity index is 1660. The molecular weight excluding hydrogens is 680 g/mol. The van der Waals surface area contributed by atoms with Crippen LogP contribution >= 0.6 is 39.5 Å². The highest BCUT2D eigenvalue weighted by Crippen LogP contribution is 2.29. The first-order valence-electron chi connectivity index (χ1n) is 13.3. The summed E-state index contributed by atoms with van der Waals surface area (Å²) in [5.41, 5.74) is 8.57. The number of benzene rings is 2. The summed E-state index contributed by atoms with van der Waals surface area (Å²) in [4.78, 5) is 30.0. The van der Waals surface area contributed by atoms with Gasteiger partial charge >= 0.3 is 11.9 Å². The topological polar surface area (TPSA) is 179 Å². The summed E-state index contributed by atoms with van der Waals surface area (Å²) in [5.74, 6) is 5.10. The van der Waals surface area contributed by atoms with Crippen LogP contribution in [0.15, 0.2) is 60.9 Å². The molecule has 0 amide bonds. The molecule has 0 aliphatic rings. The third kappa shape index (κ3) is 12.1. The highest BCUT2D eigenvalue weighted by Gasteiger charge is 2.16. The maximum Gasteiger partial charge on any atom is 0.321 e. The molecule has 13 heteroatoms. The van der Waals surface area contributed by atoms with E-state index >= 15 is 0 Å². The molecular formula is C32H33BrN4O6S2. The molecule has 10 nitrogen and oxygen atoms in total. The number of carbonyl (C=O) groups is 2. The molecule has 0 unspecified atom stereocenters. The van der Waals surface area contributed by atoms with E-state index in [2.05, 4.69) is 43.1 Å². The number of hydrogen-bond acceptors (Lipinski definition) is 10. The number of phenols is 2. The number of terminal acetylenes is 2.